The Labute approximate surface area is 260 Å². The van der Waals surface area contributed by atoms with Gasteiger partial charge in [-0.3, -0.25) is 0 Å². The van der Waals surface area contributed by atoms with Gasteiger partial charge >= 0.3 is 0 Å². The van der Waals surface area contributed by atoms with Crippen LogP contribution >= 0.6 is 0 Å². The normalized spacial score (nSPS) is 14.7. The zero-order valence-corrected chi connectivity index (χ0v) is 22.5. The molecule has 0 atom stereocenters. The zero-order valence-electron chi connectivity index (χ0n) is 31.5. The monoisotopic (exact) mass is 560 g/mol. The van der Waals surface area contributed by atoms with Crippen LogP contribution in [0.1, 0.15) is 12.3 Å². The van der Waals surface area contributed by atoms with Gasteiger partial charge in [-0.15, -0.1) is 0 Å². The van der Waals surface area contributed by atoms with Gasteiger partial charge < -0.3 is 13.7 Å². The fourth-order valence-corrected chi connectivity index (χ4v) is 5.96. The average molecular weight is 561 g/mol. The van der Waals surface area contributed by atoms with Crippen molar-refractivity contribution in [2.24, 2.45) is 0 Å². The highest BCUT2D eigenvalue weighted by Gasteiger charge is 2.20. The molecule has 0 fully saturated rings. The first kappa shape index (κ1) is 16.6. The van der Waals surface area contributed by atoms with Crippen LogP contribution in [-0.4, -0.2) is 0 Å². The largest absolute Gasteiger partial charge is 0.456 e. The lowest BCUT2D eigenvalue weighted by Crippen LogP contribution is -2.10. The summed E-state index contributed by atoms with van der Waals surface area (Å²) in [5, 5.41) is 4.33. The highest BCUT2D eigenvalue weighted by atomic mass is 16.3. The van der Waals surface area contributed by atoms with Gasteiger partial charge in [-0.25, -0.2) is 0 Å². The molecule has 0 radical (unpaired) electrons. The Balaban J connectivity index is 1.40. The summed E-state index contributed by atoms with van der Waals surface area (Å²) in [5.74, 6) is 0. The number of anilines is 3. The maximum Gasteiger partial charge on any atom is 0.143 e. The molecule has 0 aliphatic rings. The van der Waals surface area contributed by atoms with Crippen LogP contribution in [0, 0.1) is 0 Å². The molecule has 0 saturated carbocycles. The lowest BCUT2D eigenvalue weighted by atomic mass is 9.99. The van der Waals surface area contributed by atoms with Crippen molar-refractivity contribution in [3.8, 4) is 11.1 Å². The second kappa shape index (κ2) is 9.37. The van der Waals surface area contributed by atoms with Crippen LogP contribution in [0.5, 0.6) is 0 Å². The highest BCUT2D eigenvalue weighted by molar-refractivity contribution is 6.19. The third-order valence-corrected chi connectivity index (χ3v) is 7.82. The molecular weight excluding hydrogens is 526 g/mol. The number of hydrogen-bond donors (Lipinski definition) is 0. The molecule has 0 bridgehead atoms. The van der Waals surface area contributed by atoms with Gasteiger partial charge in [0.15, 0.2) is 0 Å². The summed E-state index contributed by atoms with van der Waals surface area (Å²) < 4.78 is 93.6. The van der Waals surface area contributed by atoms with Crippen molar-refractivity contribution in [2.45, 2.75) is 0 Å². The molecule has 0 aliphatic carbocycles. The van der Waals surface area contributed by atoms with E-state index in [0.29, 0.717) is 44.1 Å². The Morgan fingerprint density at radius 1 is 0.488 bits per heavy atom. The first-order valence-corrected chi connectivity index (χ1v) is 13.8. The summed E-state index contributed by atoms with van der Waals surface area (Å²) in [6.45, 7) is 0. The van der Waals surface area contributed by atoms with E-state index < -0.39 is 42.3 Å². The molecule has 3 heteroatoms. The zero-order chi connectivity index (χ0) is 36.2. The Kier molecular flexibility index (Phi) is 3.61. The number of nitrogens with zero attached hydrogens (tertiary/aromatic N) is 1. The summed E-state index contributed by atoms with van der Waals surface area (Å²) >= 11 is 0. The molecule has 43 heavy (non-hydrogen) atoms. The predicted molar refractivity (Wildman–Crippen MR) is 179 cm³/mol. The lowest BCUT2D eigenvalue weighted by Gasteiger charge is -2.26. The van der Waals surface area contributed by atoms with E-state index in [1.165, 1.54) is 4.90 Å². The van der Waals surface area contributed by atoms with Gasteiger partial charge in [0.25, 0.3) is 0 Å². The Bertz CT molecular complexity index is 2930. The lowest BCUT2D eigenvalue weighted by molar-refractivity contribution is 0.669. The summed E-state index contributed by atoms with van der Waals surface area (Å²) in [4.78, 5) is 1.25. The van der Waals surface area contributed by atoms with E-state index in [-0.39, 0.29) is 34.7 Å². The van der Waals surface area contributed by atoms with Crippen molar-refractivity contribution in [1.82, 2.24) is 0 Å². The van der Waals surface area contributed by atoms with Crippen molar-refractivity contribution < 1.29 is 21.2 Å². The van der Waals surface area contributed by atoms with Gasteiger partial charge in [0, 0.05) is 32.9 Å². The van der Waals surface area contributed by atoms with Gasteiger partial charge in [-0.05, 0) is 71.0 Å². The molecule has 2 heterocycles. The molecule has 7 aromatic carbocycles. The molecule has 0 amide bonds. The van der Waals surface area contributed by atoms with Crippen LogP contribution in [0.4, 0.5) is 17.1 Å². The first-order chi connectivity index (χ1) is 25.1. The number of hydrogen-bond acceptors (Lipinski definition) is 3. The maximum absolute atomic E-state index is 9.49. The quantitative estimate of drug-likeness (QED) is 0.214. The number of rotatable bonds is 4. The van der Waals surface area contributed by atoms with Crippen LogP contribution in [0.15, 0.2) is 160 Å². The summed E-state index contributed by atoms with van der Waals surface area (Å²) in [6.07, 6.45) is 0. The molecule has 0 spiro atoms. The number of para-hydroxylation sites is 2. The van der Waals surface area contributed by atoms with E-state index in [1.807, 2.05) is 60.7 Å². The third-order valence-electron chi connectivity index (χ3n) is 7.82. The SMILES string of the molecule is [2H]c1c([2H])c([2H])c(N(c2c([2H])c([2H])c(-c3cccc4oc5ccccc5c34)c([2H])c2[2H])c2cccc3oc4c5ccccc5ccc4c23)c([2H])c1[2H]. The van der Waals surface area contributed by atoms with Gasteiger partial charge in [0.05, 0.1) is 23.4 Å². The average Bonchev–Trinajstić information content (AvgIpc) is 3.74. The summed E-state index contributed by atoms with van der Waals surface area (Å²) in [6, 6.07) is 24.6. The minimum absolute atomic E-state index is 0.0374. The van der Waals surface area contributed by atoms with Gasteiger partial charge in [-0.2, -0.15) is 0 Å². The van der Waals surface area contributed by atoms with E-state index in [0.717, 1.165) is 16.2 Å². The summed E-state index contributed by atoms with van der Waals surface area (Å²) in [5.41, 5.74) is 2.23. The number of benzene rings is 7. The standard InChI is InChI=1S/C40H25NO2/c1-2-11-28(12-3-1)41(34-16-9-19-37-39(34)33-25-22-26-10-4-5-13-31(26)40(33)43-37)29-23-20-27(21-24-29)30-15-8-18-36-38(30)32-14-6-7-17-35(32)42-36/h1-25H/i1D,2D,3D,11D,12D,20D,21D,23D,24D. The number of furan rings is 2. The second-order valence-electron chi connectivity index (χ2n) is 10.2. The molecular formula is C40H25NO2. The molecule has 0 N–H and O–H groups in total. The fourth-order valence-electron chi connectivity index (χ4n) is 5.96. The molecule has 0 unspecified atom stereocenters. The van der Waals surface area contributed by atoms with E-state index in [2.05, 4.69) is 0 Å². The van der Waals surface area contributed by atoms with Gasteiger partial charge in [0.1, 0.15) is 22.3 Å². The van der Waals surface area contributed by atoms with E-state index in [1.54, 1.807) is 36.4 Å². The minimum atomic E-state index is -0.610. The van der Waals surface area contributed by atoms with Crippen molar-refractivity contribution in [1.29, 1.82) is 0 Å². The maximum atomic E-state index is 9.49. The van der Waals surface area contributed by atoms with Crippen LogP contribution < -0.4 is 4.90 Å². The molecule has 202 valence electrons. The van der Waals surface area contributed by atoms with Crippen LogP contribution in [0.3, 0.4) is 0 Å². The molecule has 9 rings (SSSR count). The Morgan fingerprint density at radius 3 is 2.05 bits per heavy atom. The van der Waals surface area contributed by atoms with E-state index in [4.69, 9.17) is 15.7 Å². The molecule has 3 nitrogen and oxygen atoms in total. The Hall–Kier alpha value is -5.80. The smallest absolute Gasteiger partial charge is 0.143 e. The predicted octanol–water partition coefficient (Wildman–Crippen LogP) is 11.8. The van der Waals surface area contributed by atoms with Crippen LogP contribution in [-0.2, 0) is 0 Å². The van der Waals surface area contributed by atoms with Crippen LogP contribution in [0.2, 0.25) is 0 Å². The molecule has 0 saturated heterocycles. The highest BCUT2D eigenvalue weighted by Crippen LogP contribution is 2.45. The Morgan fingerprint density at radius 2 is 1.19 bits per heavy atom. The second-order valence-corrected chi connectivity index (χ2v) is 10.2. The topological polar surface area (TPSA) is 29.5 Å². The van der Waals surface area contributed by atoms with Gasteiger partial charge in [0.2, 0.25) is 0 Å². The number of fused-ring (bicyclic) bond motifs is 8. The van der Waals surface area contributed by atoms with Crippen molar-refractivity contribution in [3.05, 3.63) is 151 Å². The third kappa shape index (κ3) is 3.68. The summed E-state index contributed by atoms with van der Waals surface area (Å²) in [7, 11) is 0. The molecule has 0 aliphatic heterocycles. The van der Waals surface area contributed by atoms with Crippen molar-refractivity contribution in [2.75, 3.05) is 4.90 Å². The van der Waals surface area contributed by atoms with Crippen molar-refractivity contribution in [3.63, 3.8) is 0 Å². The molecule has 9 aromatic rings. The fraction of sp³-hybridized carbons (Fsp3) is 0. The van der Waals surface area contributed by atoms with E-state index in [9.17, 15) is 5.48 Å². The van der Waals surface area contributed by atoms with Crippen molar-refractivity contribution >= 4 is 71.7 Å². The first-order valence-electron chi connectivity index (χ1n) is 18.3. The minimum Gasteiger partial charge on any atom is -0.456 e. The van der Waals surface area contributed by atoms with E-state index >= 15 is 0 Å². The van der Waals surface area contributed by atoms with Crippen LogP contribution in [0.25, 0.3) is 65.8 Å². The van der Waals surface area contributed by atoms with Gasteiger partial charge in [-0.1, -0.05) is 96.9 Å². The molecule has 2 aromatic heterocycles.